The van der Waals surface area contributed by atoms with Gasteiger partial charge in [-0.05, 0) is 93.2 Å². The molecule has 2 heterocycles. The highest BCUT2D eigenvalue weighted by molar-refractivity contribution is 7.99. The molecule has 1 N–H and O–H groups in total. The van der Waals surface area contributed by atoms with Gasteiger partial charge in [0.1, 0.15) is 11.9 Å². The summed E-state index contributed by atoms with van der Waals surface area (Å²) >= 11 is 14.4. The van der Waals surface area contributed by atoms with Gasteiger partial charge in [-0.25, -0.2) is 4.39 Å². The van der Waals surface area contributed by atoms with Crippen molar-refractivity contribution in [2.45, 2.75) is 43.2 Å². The van der Waals surface area contributed by atoms with E-state index in [9.17, 15) is 5.11 Å². The second-order valence-corrected chi connectivity index (χ2v) is 11.5. The van der Waals surface area contributed by atoms with E-state index in [4.69, 9.17) is 27.9 Å². The monoisotopic (exact) mass is 550 g/mol. The Bertz CT molecular complexity index is 1160. The number of methoxy groups -OCH3 is 1. The zero-order valence-electron chi connectivity index (χ0n) is 20.6. The van der Waals surface area contributed by atoms with Gasteiger partial charge in [-0.3, -0.25) is 4.98 Å². The Balaban J connectivity index is 1.30. The second-order valence-electron chi connectivity index (χ2n) is 9.54. The Morgan fingerprint density at radius 1 is 1.17 bits per heavy atom. The molecule has 1 saturated heterocycles. The second kappa shape index (κ2) is 12.8. The van der Waals surface area contributed by atoms with Crippen LogP contribution in [0.3, 0.4) is 0 Å². The number of thioether (sulfide) groups is 1. The lowest BCUT2D eigenvalue weighted by Crippen LogP contribution is -2.42. The number of fused-ring (bicyclic) bond motifs is 1. The summed E-state index contributed by atoms with van der Waals surface area (Å²) in [6.07, 6.45) is 4.02. The molecule has 8 heteroatoms. The van der Waals surface area contributed by atoms with Crippen molar-refractivity contribution < 1.29 is 14.2 Å². The van der Waals surface area contributed by atoms with Crippen molar-refractivity contribution in [3.05, 3.63) is 64.3 Å². The Hall–Kier alpha value is -1.57. The highest BCUT2D eigenvalue weighted by Gasteiger charge is 2.35. The number of benzene rings is 2. The summed E-state index contributed by atoms with van der Waals surface area (Å²) in [6, 6.07) is 13.4. The normalized spacial score (nSPS) is 16.8. The molecule has 3 aromatic rings. The molecular weight excluding hydrogens is 518 g/mol. The summed E-state index contributed by atoms with van der Waals surface area (Å²) in [6.45, 7) is 2.94. The summed E-state index contributed by atoms with van der Waals surface area (Å²) in [7, 11) is 1.58. The van der Waals surface area contributed by atoms with Gasteiger partial charge in [-0.2, -0.15) is 0 Å². The van der Waals surface area contributed by atoms with E-state index in [2.05, 4.69) is 16.0 Å². The van der Waals surface area contributed by atoms with E-state index in [1.165, 1.54) is 6.20 Å². The van der Waals surface area contributed by atoms with E-state index in [1.807, 2.05) is 30.3 Å². The number of hydrogen-bond donors (Lipinski definition) is 1. The fraction of sp³-hybridized carbons (Fsp3) is 0.464. The molecule has 194 valence electrons. The minimum atomic E-state index is -1.24. The summed E-state index contributed by atoms with van der Waals surface area (Å²) in [5.74, 6) is 1.66. The van der Waals surface area contributed by atoms with Crippen LogP contribution < -0.4 is 4.74 Å². The van der Waals surface area contributed by atoms with Crippen molar-refractivity contribution in [1.82, 2.24) is 9.88 Å². The molecule has 0 spiro atoms. The number of aliphatic hydroxyl groups excluding tert-OH is 1. The fourth-order valence-electron chi connectivity index (χ4n) is 4.96. The Labute approximate surface area is 227 Å². The van der Waals surface area contributed by atoms with Crippen LogP contribution in [0.15, 0.2) is 53.6 Å². The van der Waals surface area contributed by atoms with Gasteiger partial charge in [0, 0.05) is 28.6 Å². The fourth-order valence-corrected chi connectivity index (χ4v) is 6.40. The molecule has 2 aromatic carbocycles. The molecule has 0 amide bonds. The first-order valence-electron chi connectivity index (χ1n) is 12.4. The average molecular weight is 552 g/mol. The lowest BCUT2D eigenvalue weighted by atomic mass is 9.74. The number of rotatable bonds is 11. The zero-order valence-corrected chi connectivity index (χ0v) is 22.9. The van der Waals surface area contributed by atoms with Crippen LogP contribution in [0.5, 0.6) is 5.75 Å². The highest BCUT2D eigenvalue weighted by Crippen LogP contribution is 2.42. The molecule has 0 aliphatic carbocycles. The first-order chi connectivity index (χ1) is 17.4. The molecule has 4 rings (SSSR count). The van der Waals surface area contributed by atoms with Gasteiger partial charge in [0.05, 0.1) is 22.7 Å². The van der Waals surface area contributed by atoms with Crippen LogP contribution in [0, 0.1) is 5.41 Å². The molecule has 1 aliphatic heterocycles. The predicted molar refractivity (Wildman–Crippen MR) is 148 cm³/mol. The van der Waals surface area contributed by atoms with E-state index in [1.54, 1.807) is 24.9 Å². The molecule has 0 radical (unpaired) electrons. The van der Waals surface area contributed by atoms with Crippen LogP contribution in [0.1, 0.15) is 43.8 Å². The maximum atomic E-state index is 15.6. The third kappa shape index (κ3) is 6.65. The van der Waals surface area contributed by atoms with Gasteiger partial charge < -0.3 is 14.7 Å². The molecule has 1 aliphatic rings. The molecule has 1 aromatic heterocycles. The van der Waals surface area contributed by atoms with Gasteiger partial charge >= 0.3 is 0 Å². The summed E-state index contributed by atoms with van der Waals surface area (Å²) in [4.78, 5) is 7.91. The van der Waals surface area contributed by atoms with E-state index in [0.717, 1.165) is 54.6 Å². The van der Waals surface area contributed by atoms with E-state index < -0.39 is 6.17 Å². The standard InChI is InChI=1S/C28H33Cl2FN2O2S/c1-35-20-7-8-25-21(17-20)27(23(30)18-32-25)24(31)9-10-28(19-34)11-14-33(15-12-28)13-4-16-36-26-6-3-2-5-22(26)29/h2-3,5-8,17-18,24,34H,4,9-16,19H2,1H3. The third-order valence-corrected chi connectivity index (χ3v) is 9.18. The zero-order chi connectivity index (χ0) is 25.5. The summed E-state index contributed by atoms with van der Waals surface area (Å²) < 4.78 is 20.9. The minimum absolute atomic E-state index is 0.0779. The number of aliphatic hydroxyl groups is 1. The number of hydrogen-bond acceptors (Lipinski definition) is 5. The van der Waals surface area contributed by atoms with Crippen LogP contribution >= 0.6 is 35.0 Å². The van der Waals surface area contributed by atoms with Crippen LogP contribution in [-0.2, 0) is 0 Å². The van der Waals surface area contributed by atoms with Crippen LogP contribution in [0.4, 0.5) is 4.39 Å². The number of aromatic nitrogens is 1. The lowest BCUT2D eigenvalue weighted by molar-refractivity contribution is 0.0304. The molecule has 36 heavy (non-hydrogen) atoms. The van der Waals surface area contributed by atoms with Crippen LogP contribution in [-0.4, -0.2) is 54.1 Å². The number of alkyl halides is 1. The van der Waals surface area contributed by atoms with E-state index >= 15 is 4.39 Å². The van der Waals surface area contributed by atoms with Crippen molar-refractivity contribution in [3.63, 3.8) is 0 Å². The van der Waals surface area contributed by atoms with Gasteiger partial charge in [-0.1, -0.05) is 35.3 Å². The van der Waals surface area contributed by atoms with E-state index in [0.29, 0.717) is 40.1 Å². The van der Waals surface area contributed by atoms with Crippen molar-refractivity contribution in [3.8, 4) is 5.75 Å². The molecule has 0 bridgehead atoms. The number of nitrogens with zero attached hydrogens (tertiary/aromatic N) is 2. The summed E-state index contributed by atoms with van der Waals surface area (Å²) in [5, 5.41) is 12.1. The minimum Gasteiger partial charge on any atom is -0.497 e. The Kier molecular flexibility index (Phi) is 9.76. The number of likely N-dealkylation sites (tertiary alicyclic amines) is 1. The maximum absolute atomic E-state index is 15.6. The van der Waals surface area contributed by atoms with Crippen molar-refractivity contribution in [2.24, 2.45) is 5.41 Å². The lowest BCUT2D eigenvalue weighted by Gasteiger charge is -2.41. The van der Waals surface area contributed by atoms with Gasteiger partial charge in [0.15, 0.2) is 0 Å². The predicted octanol–water partition coefficient (Wildman–Crippen LogP) is 7.60. The topological polar surface area (TPSA) is 45.6 Å². The van der Waals surface area contributed by atoms with Crippen LogP contribution in [0.2, 0.25) is 10.0 Å². The van der Waals surface area contributed by atoms with Crippen molar-refractivity contribution in [2.75, 3.05) is 39.1 Å². The number of pyridine rings is 1. The van der Waals surface area contributed by atoms with Gasteiger partial charge in [-0.15, -0.1) is 11.8 Å². The van der Waals surface area contributed by atoms with Crippen LogP contribution in [0.25, 0.3) is 10.9 Å². The number of ether oxygens (including phenoxy) is 1. The third-order valence-electron chi connectivity index (χ3n) is 7.27. The number of piperidine rings is 1. The number of halogens is 3. The Morgan fingerprint density at radius 2 is 1.94 bits per heavy atom. The maximum Gasteiger partial charge on any atom is 0.127 e. The molecule has 0 saturated carbocycles. The molecule has 1 unspecified atom stereocenters. The smallest absolute Gasteiger partial charge is 0.127 e. The quantitative estimate of drug-likeness (QED) is 0.196. The van der Waals surface area contributed by atoms with Gasteiger partial charge in [0.25, 0.3) is 0 Å². The highest BCUT2D eigenvalue weighted by atomic mass is 35.5. The molecule has 1 fully saturated rings. The Morgan fingerprint density at radius 3 is 2.67 bits per heavy atom. The van der Waals surface area contributed by atoms with Gasteiger partial charge in [0.2, 0.25) is 0 Å². The SMILES string of the molecule is COc1ccc2ncc(Cl)c(C(F)CCC3(CO)CCN(CCCSc4ccccc4Cl)CC3)c2c1. The van der Waals surface area contributed by atoms with E-state index in [-0.39, 0.29) is 12.0 Å². The first-order valence-corrected chi connectivity index (χ1v) is 14.2. The summed E-state index contributed by atoms with van der Waals surface area (Å²) in [5.41, 5.74) is 0.901. The average Bonchev–Trinajstić information content (AvgIpc) is 2.91. The van der Waals surface area contributed by atoms with Crippen molar-refractivity contribution >= 4 is 45.9 Å². The first kappa shape index (κ1) is 27.5. The molecule has 4 nitrogen and oxygen atoms in total. The van der Waals surface area contributed by atoms with Crippen molar-refractivity contribution in [1.29, 1.82) is 0 Å². The largest absolute Gasteiger partial charge is 0.497 e. The molecular formula is C28H33Cl2FN2O2S. The molecule has 1 atom stereocenters.